The van der Waals surface area contributed by atoms with Gasteiger partial charge in [0, 0.05) is 19.8 Å². The second-order valence-corrected chi connectivity index (χ2v) is 4.55. The van der Waals surface area contributed by atoms with E-state index >= 15 is 0 Å². The summed E-state index contributed by atoms with van der Waals surface area (Å²) in [6.45, 7) is 3.86. The van der Waals surface area contributed by atoms with E-state index in [-0.39, 0.29) is 5.92 Å². The van der Waals surface area contributed by atoms with Gasteiger partial charge in [-0.2, -0.15) is 0 Å². The van der Waals surface area contributed by atoms with Crippen LogP contribution in [0.3, 0.4) is 0 Å². The number of hydrogen-bond donors (Lipinski definition) is 1. The van der Waals surface area contributed by atoms with Crippen LogP contribution in [-0.4, -0.2) is 25.2 Å². The predicted octanol–water partition coefficient (Wildman–Crippen LogP) is 2.58. The first-order valence-corrected chi connectivity index (χ1v) is 5.43. The first kappa shape index (κ1) is 12.6. The normalized spacial score (nSPS) is 12.6. The first-order valence-electron chi connectivity index (χ1n) is 5.43. The molecule has 1 atom stereocenters. The lowest BCUT2D eigenvalue weighted by molar-refractivity contribution is -0.139. The lowest BCUT2D eigenvalue weighted by Gasteiger charge is -2.19. The molecule has 0 bridgehead atoms. The fourth-order valence-electron chi connectivity index (χ4n) is 1.81. The Hall–Kier alpha value is -1.51. The van der Waals surface area contributed by atoms with E-state index in [9.17, 15) is 9.90 Å². The minimum Gasteiger partial charge on any atom is -0.481 e. The Morgan fingerprint density at radius 1 is 1.31 bits per heavy atom. The van der Waals surface area contributed by atoms with Crippen LogP contribution in [0.5, 0.6) is 0 Å². The van der Waals surface area contributed by atoms with Gasteiger partial charge in [0.1, 0.15) is 0 Å². The summed E-state index contributed by atoms with van der Waals surface area (Å²) in [5.41, 5.74) is 1.90. The van der Waals surface area contributed by atoms with Gasteiger partial charge in [-0.1, -0.05) is 26.0 Å². The Morgan fingerprint density at radius 3 is 2.38 bits per heavy atom. The smallest absolute Gasteiger partial charge is 0.311 e. The molecule has 1 N–H and O–H groups in total. The molecule has 3 heteroatoms. The second kappa shape index (κ2) is 5.01. The van der Waals surface area contributed by atoms with Gasteiger partial charge in [0.15, 0.2) is 0 Å². The van der Waals surface area contributed by atoms with Gasteiger partial charge in [-0.3, -0.25) is 4.79 Å². The highest BCUT2D eigenvalue weighted by Gasteiger charge is 2.23. The van der Waals surface area contributed by atoms with Crippen LogP contribution < -0.4 is 4.90 Å². The van der Waals surface area contributed by atoms with Crippen LogP contribution in [0.1, 0.15) is 25.3 Å². The molecule has 88 valence electrons. The number of anilines is 1. The summed E-state index contributed by atoms with van der Waals surface area (Å²) in [5.74, 6) is -1.10. The first-order chi connectivity index (χ1) is 7.43. The van der Waals surface area contributed by atoms with Crippen molar-refractivity contribution in [3.05, 3.63) is 29.8 Å². The van der Waals surface area contributed by atoms with E-state index in [0.29, 0.717) is 0 Å². The Balaban J connectivity index is 3.10. The van der Waals surface area contributed by atoms with Crippen LogP contribution in [0, 0.1) is 5.92 Å². The average Bonchev–Trinajstić information content (AvgIpc) is 2.16. The van der Waals surface area contributed by atoms with Crippen LogP contribution in [0.4, 0.5) is 5.69 Å². The van der Waals surface area contributed by atoms with Crippen molar-refractivity contribution in [1.82, 2.24) is 0 Å². The molecule has 0 saturated carbocycles. The third kappa shape index (κ3) is 2.75. The minimum atomic E-state index is -0.758. The summed E-state index contributed by atoms with van der Waals surface area (Å²) in [4.78, 5) is 13.2. The number of rotatable bonds is 4. The summed E-state index contributed by atoms with van der Waals surface area (Å²) < 4.78 is 0. The van der Waals surface area contributed by atoms with Crippen molar-refractivity contribution in [2.75, 3.05) is 19.0 Å². The van der Waals surface area contributed by atoms with Crippen LogP contribution in [0.25, 0.3) is 0 Å². The SMILES string of the molecule is CC(C)C(C(=O)O)c1cccc(N(C)C)c1. The average molecular weight is 221 g/mol. The zero-order valence-corrected chi connectivity index (χ0v) is 10.3. The molecule has 0 spiro atoms. The van der Waals surface area contributed by atoms with Gasteiger partial charge in [-0.15, -0.1) is 0 Å². The van der Waals surface area contributed by atoms with Gasteiger partial charge in [0.25, 0.3) is 0 Å². The second-order valence-electron chi connectivity index (χ2n) is 4.55. The zero-order chi connectivity index (χ0) is 12.3. The summed E-state index contributed by atoms with van der Waals surface area (Å²) in [6, 6.07) is 7.70. The highest BCUT2D eigenvalue weighted by Crippen LogP contribution is 2.27. The monoisotopic (exact) mass is 221 g/mol. The maximum Gasteiger partial charge on any atom is 0.311 e. The lowest BCUT2D eigenvalue weighted by atomic mass is 9.88. The van der Waals surface area contributed by atoms with E-state index in [0.717, 1.165) is 11.3 Å². The molecule has 0 amide bonds. The van der Waals surface area contributed by atoms with Crippen molar-refractivity contribution in [2.24, 2.45) is 5.92 Å². The van der Waals surface area contributed by atoms with E-state index in [1.54, 1.807) is 0 Å². The molecule has 16 heavy (non-hydrogen) atoms. The van der Waals surface area contributed by atoms with Gasteiger partial charge in [-0.05, 0) is 23.6 Å². The zero-order valence-electron chi connectivity index (χ0n) is 10.3. The van der Waals surface area contributed by atoms with Crippen molar-refractivity contribution in [2.45, 2.75) is 19.8 Å². The molecule has 0 aromatic heterocycles. The molecule has 0 aliphatic rings. The molecule has 1 aromatic carbocycles. The van der Waals surface area contributed by atoms with E-state index in [2.05, 4.69) is 0 Å². The molecule has 0 aliphatic heterocycles. The Labute approximate surface area is 96.7 Å². The molecule has 0 heterocycles. The lowest BCUT2D eigenvalue weighted by Crippen LogP contribution is -2.18. The third-order valence-corrected chi connectivity index (χ3v) is 2.68. The maximum absolute atomic E-state index is 11.2. The van der Waals surface area contributed by atoms with E-state index in [4.69, 9.17) is 0 Å². The number of carboxylic acids is 1. The number of carbonyl (C=O) groups is 1. The summed E-state index contributed by atoms with van der Waals surface area (Å²) >= 11 is 0. The number of carboxylic acid groups (broad SMARTS) is 1. The van der Waals surface area contributed by atoms with Gasteiger partial charge < -0.3 is 10.0 Å². The van der Waals surface area contributed by atoms with Gasteiger partial charge in [0.2, 0.25) is 0 Å². The number of nitrogens with zero attached hydrogens (tertiary/aromatic N) is 1. The molecule has 0 fully saturated rings. The minimum absolute atomic E-state index is 0.0925. The molecule has 1 unspecified atom stereocenters. The fraction of sp³-hybridized carbons (Fsp3) is 0.462. The molecule has 1 aromatic rings. The fourth-order valence-corrected chi connectivity index (χ4v) is 1.81. The van der Waals surface area contributed by atoms with Gasteiger partial charge in [-0.25, -0.2) is 0 Å². The van der Waals surface area contributed by atoms with Crippen molar-refractivity contribution in [3.8, 4) is 0 Å². The van der Waals surface area contributed by atoms with Crippen molar-refractivity contribution < 1.29 is 9.90 Å². The highest BCUT2D eigenvalue weighted by molar-refractivity contribution is 5.77. The van der Waals surface area contributed by atoms with Gasteiger partial charge >= 0.3 is 5.97 Å². The Bertz CT molecular complexity index is 372. The highest BCUT2D eigenvalue weighted by atomic mass is 16.4. The van der Waals surface area contributed by atoms with Crippen LogP contribution in [0.2, 0.25) is 0 Å². The number of benzene rings is 1. The van der Waals surface area contributed by atoms with Crippen LogP contribution in [-0.2, 0) is 4.79 Å². The summed E-state index contributed by atoms with van der Waals surface area (Å²) in [5, 5.41) is 9.21. The largest absolute Gasteiger partial charge is 0.481 e. The van der Waals surface area contributed by atoms with Crippen LogP contribution >= 0.6 is 0 Å². The number of hydrogen-bond acceptors (Lipinski definition) is 2. The van der Waals surface area contributed by atoms with E-state index < -0.39 is 11.9 Å². The molecule has 1 rings (SSSR count). The Kier molecular flexibility index (Phi) is 3.93. The summed E-state index contributed by atoms with van der Waals surface area (Å²) in [7, 11) is 3.90. The molecule has 0 radical (unpaired) electrons. The van der Waals surface area contributed by atoms with Gasteiger partial charge in [0.05, 0.1) is 5.92 Å². The topological polar surface area (TPSA) is 40.5 Å². The van der Waals surface area contributed by atoms with E-state index in [1.807, 2.05) is 57.1 Å². The molecule has 0 aliphatic carbocycles. The van der Waals surface area contributed by atoms with Crippen molar-refractivity contribution in [1.29, 1.82) is 0 Å². The third-order valence-electron chi connectivity index (χ3n) is 2.68. The summed E-state index contributed by atoms with van der Waals surface area (Å²) in [6.07, 6.45) is 0. The van der Waals surface area contributed by atoms with E-state index in [1.165, 1.54) is 0 Å². The van der Waals surface area contributed by atoms with Crippen molar-refractivity contribution >= 4 is 11.7 Å². The number of aliphatic carboxylic acids is 1. The molecular formula is C13H19NO2. The predicted molar refractivity (Wildman–Crippen MR) is 66.0 cm³/mol. The molecular weight excluding hydrogens is 202 g/mol. The Morgan fingerprint density at radius 2 is 1.94 bits per heavy atom. The maximum atomic E-state index is 11.2. The standard InChI is InChI=1S/C13H19NO2/c1-9(2)12(13(15)16)10-6-5-7-11(8-10)14(3)4/h5-9,12H,1-4H3,(H,15,16). The quantitative estimate of drug-likeness (QED) is 0.849. The molecule has 3 nitrogen and oxygen atoms in total. The van der Waals surface area contributed by atoms with Crippen molar-refractivity contribution in [3.63, 3.8) is 0 Å². The van der Waals surface area contributed by atoms with Crippen LogP contribution in [0.15, 0.2) is 24.3 Å². The molecule has 0 saturated heterocycles.